The van der Waals surface area contributed by atoms with Crippen LogP contribution in [0.15, 0.2) is 29.3 Å². The van der Waals surface area contributed by atoms with Crippen molar-refractivity contribution in [3.8, 4) is 0 Å². The zero-order chi connectivity index (χ0) is 10.3. The first-order valence-corrected chi connectivity index (χ1v) is 4.78. The molecule has 74 valence electrons. The Morgan fingerprint density at radius 3 is 3.07 bits per heavy atom. The maximum Gasteiger partial charge on any atom is 0.256 e. The first-order valence-electron chi connectivity index (χ1n) is 4.78. The van der Waals surface area contributed by atoms with Crippen LogP contribution in [-0.4, -0.2) is 23.7 Å². The van der Waals surface area contributed by atoms with E-state index in [0.717, 1.165) is 10.9 Å². The highest BCUT2D eigenvalue weighted by molar-refractivity contribution is 6.12. The fourth-order valence-corrected chi connectivity index (χ4v) is 1.82. The summed E-state index contributed by atoms with van der Waals surface area (Å²) in [7, 11) is 0. The Balaban J connectivity index is 2.39. The van der Waals surface area contributed by atoms with Crippen LogP contribution in [0.25, 0.3) is 10.9 Å². The van der Waals surface area contributed by atoms with Gasteiger partial charge in [-0.05, 0) is 6.07 Å². The highest BCUT2D eigenvalue weighted by Crippen LogP contribution is 2.28. The molecule has 1 aromatic carbocycles. The third-order valence-electron chi connectivity index (χ3n) is 2.49. The Morgan fingerprint density at radius 1 is 1.27 bits per heavy atom. The van der Waals surface area contributed by atoms with Gasteiger partial charge in [-0.1, -0.05) is 18.2 Å². The van der Waals surface area contributed by atoms with Gasteiger partial charge in [0.1, 0.15) is 5.82 Å². The first-order chi connectivity index (χ1) is 7.36. The minimum absolute atomic E-state index is 0.0695. The molecule has 2 aromatic rings. The summed E-state index contributed by atoms with van der Waals surface area (Å²) in [5.41, 5.74) is 1.58. The first kappa shape index (κ1) is 8.23. The molecule has 1 aliphatic rings. The summed E-state index contributed by atoms with van der Waals surface area (Å²) < 4.78 is 0. The highest BCUT2D eigenvalue weighted by Gasteiger charge is 2.18. The molecule has 1 aliphatic heterocycles. The predicted octanol–water partition coefficient (Wildman–Crippen LogP) is 1.61. The second-order valence-electron chi connectivity index (χ2n) is 3.42. The molecule has 2 N–H and O–H groups in total. The van der Waals surface area contributed by atoms with Crippen LogP contribution in [0.5, 0.6) is 0 Å². The number of benzene rings is 1. The van der Waals surface area contributed by atoms with Crippen molar-refractivity contribution in [2.24, 2.45) is 4.99 Å². The summed E-state index contributed by atoms with van der Waals surface area (Å²) in [5, 5.41) is 3.69. The second-order valence-corrected chi connectivity index (χ2v) is 3.42. The third-order valence-corrected chi connectivity index (χ3v) is 2.49. The number of nitrogens with zero attached hydrogens (tertiary/aromatic N) is 1. The Hall–Kier alpha value is -2.10. The van der Waals surface area contributed by atoms with E-state index in [-0.39, 0.29) is 5.91 Å². The maximum absolute atomic E-state index is 11.8. The van der Waals surface area contributed by atoms with Crippen molar-refractivity contribution < 1.29 is 4.79 Å². The standard InChI is InChI=1S/C11H9N3O/c15-11-9-7-3-1-2-4-8(7)14-10(9)12-5-6-13-11/h1-5,14H,6H2,(H,13,15). The van der Waals surface area contributed by atoms with Gasteiger partial charge in [0.05, 0.1) is 12.1 Å². The molecule has 4 nitrogen and oxygen atoms in total. The van der Waals surface area contributed by atoms with Crippen LogP contribution in [0.1, 0.15) is 10.4 Å². The summed E-state index contributed by atoms with van der Waals surface area (Å²) >= 11 is 0. The molecule has 0 spiro atoms. The largest absolute Gasteiger partial charge is 0.347 e. The summed E-state index contributed by atoms with van der Waals surface area (Å²) in [4.78, 5) is 19.1. The molecule has 0 atom stereocenters. The Labute approximate surface area is 86.0 Å². The van der Waals surface area contributed by atoms with E-state index < -0.39 is 0 Å². The lowest BCUT2D eigenvalue weighted by Crippen LogP contribution is -2.23. The number of hydrogen-bond acceptors (Lipinski definition) is 2. The van der Waals surface area contributed by atoms with E-state index in [1.165, 1.54) is 0 Å². The molecule has 0 bridgehead atoms. The van der Waals surface area contributed by atoms with Crippen LogP contribution in [0.2, 0.25) is 0 Å². The van der Waals surface area contributed by atoms with Crippen molar-refractivity contribution in [2.75, 3.05) is 6.54 Å². The minimum Gasteiger partial charge on any atom is -0.347 e. The van der Waals surface area contributed by atoms with Crippen molar-refractivity contribution in [1.29, 1.82) is 0 Å². The number of aromatic amines is 1. The zero-order valence-electron chi connectivity index (χ0n) is 7.95. The van der Waals surface area contributed by atoms with Gasteiger partial charge in [-0.15, -0.1) is 0 Å². The molecule has 0 saturated heterocycles. The molecule has 1 amide bonds. The third kappa shape index (κ3) is 1.15. The number of fused-ring (bicyclic) bond motifs is 3. The zero-order valence-corrected chi connectivity index (χ0v) is 7.95. The van der Waals surface area contributed by atoms with Crippen LogP contribution >= 0.6 is 0 Å². The van der Waals surface area contributed by atoms with Gasteiger partial charge >= 0.3 is 0 Å². The maximum atomic E-state index is 11.8. The number of nitrogens with one attached hydrogen (secondary N) is 2. The molecule has 0 aliphatic carbocycles. The second kappa shape index (κ2) is 2.95. The number of aromatic nitrogens is 1. The van der Waals surface area contributed by atoms with E-state index >= 15 is 0 Å². The van der Waals surface area contributed by atoms with Gasteiger partial charge in [-0.3, -0.25) is 4.79 Å². The topological polar surface area (TPSA) is 57.2 Å². The number of amides is 1. The number of aliphatic imine (C=N–C) groups is 1. The normalized spacial score (nSPS) is 14.8. The van der Waals surface area contributed by atoms with Crippen LogP contribution in [0, 0.1) is 0 Å². The molecule has 0 unspecified atom stereocenters. The van der Waals surface area contributed by atoms with Gasteiger partial charge < -0.3 is 10.3 Å². The molecular weight excluding hydrogens is 190 g/mol. The Kier molecular flexibility index (Phi) is 1.62. The van der Waals surface area contributed by atoms with E-state index in [9.17, 15) is 4.79 Å². The van der Waals surface area contributed by atoms with Crippen molar-refractivity contribution in [3.05, 3.63) is 29.8 Å². The Bertz CT molecular complexity index is 568. The van der Waals surface area contributed by atoms with Crippen LogP contribution < -0.4 is 5.32 Å². The summed E-state index contributed by atoms with van der Waals surface area (Å²) in [5.74, 6) is 0.575. The number of carbonyl (C=O) groups excluding carboxylic acids is 1. The molecule has 0 fully saturated rings. The Morgan fingerprint density at radius 2 is 2.13 bits per heavy atom. The molecule has 0 saturated carbocycles. The fourth-order valence-electron chi connectivity index (χ4n) is 1.82. The van der Waals surface area contributed by atoms with Gasteiger partial charge in [-0.25, -0.2) is 4.99 Å². The highest BCUT2D eigenvalue weighted by atomic mass is 16.1. The average Bonchev–Trinajstić information content (AvgIpc) is 2.53. The number of hydrogen-bond donors (Lipinski definition) is 2. The summed E-state index contributed by atoms with van der Waals surface area (Å²) in [6.07, 6.45) is 1.69. The summed E-state index contributed by atoms with van der Waals surface area (Å²) in [6, 6.07) is 7.70. The van der Waals surface area contributed by atoms with Crippen LogP contribution in [0.4, 0.5) is 5.82 Å². The van der Waals surface area contributed by atoms with Crippen molar-refractivity contribution in [2.45, 2.75) is 0 Å². The number of rotatable bonds is 0. The number of carbonyl (C=O) groups is 1. The van der Waals surface area contributed by atoms with Gasteiger partial charge in [0.2, 0.25) is 0 Å². The number of H-pyrrole nitrogens is 1. The lowest BCUT2D eigenvalue weighted by molar-refractivity contribution is 0.0963. The van der Waals surface area contributed by atoms with Gasteiger partial charge in [0, 0.05) is 17.1 Å². The molecule has 4 heteroatoms. The smallest absolute Gasteiger partial charge is 0.256 e. The quantitative estimate of drug-likeness (QED) is 0.665. The van der Waals surface area contributed by atoms with Gasteiger partial charge in [-0.2, -0.15) is 0 Å². The molecule has 15 heavy (non-hydrogen) atoms. The van der Waals surface area contributed by atoms with Crippen molar-refractivity contribution in [1.82, 2.24) is 10.3 Å². The van der Waals surface area contributed by atoms with E-state index in [1.54, 1.807) is 6.21 Å². The molecular formula is C11H9N3O. The molecule has 0 radical (unpaired) electrons. The average molecular weight is 199 g/mol. The lowest BCUT2D eigenvalue weighted by atomic mass is 10.1. The van der Waals surface area contributed by atoms with Gasteiger partial charge in [0.15, 0.2) is 0 Å². The van der Waals surface area contributed by atoms with E-state index in [4.69, 9.17) is 0 Å². The monoisotopic (exact) mass is 199 g/mol. The summed E-state index contributed by atoms with van der Waals surface area (Å²) in [6.45, 7) is 0.482. The van der Waals surface area contributed by atoms with Crippen molar-refractivity contribution in [3.63, 3.8) is 0 Å². The van der Waals surface area contributed by atoms with Crippen molar-refractivity contribution >= 4 is 28.8 Å². The minimum atomic E-state index is -0.0695. The molecule has 2 heterocycles. The van der Waals surface area contributed by atoms with E-state index in [2.05, 4.69) is 15.3 Å². The van der Waals surface area contributed by atoms with E-state index in [0.29, 0.717) is 17.9 Å². The molecule has 3 rings (SSSR count). The SMILES string of the molecule is O=C1NCC=Nc2[nH]c3ccccc3c21. The fraction of sp³-hybridized carbons (Fsp3) is 0.0909. The predicted molar refractivity (Wildman–Crippen MR) is 58.8 cm³/mol. The number of para-hydroxylation sites is 1. The van der Waals surface area contributed by atoms with Crippen LogP contribution in [0.3, 0.4) is 0 Å². The van der Waals surface area contributed by atoms with Gasteiger partial charge in [0.25, 0.3) is 5.91 Å². The molecule has 1 aromatic heterocycles. The lowest BCUT2D eigenvalue weighted by Gasteiger charge is -1.97. The van der Waals surface area contributed by atoms with E-state index in [1.807, 2.05) is 24.3 Å². The van der Waals surface area contributed by atoms with Crippen LogP contribution in [-0.2, 0) is 0 Å².